The Bertz CT molecular complexity index is 1560. The minimum absolute atomic E-state index is 0.0293. The number of carbonyl (C=O) groups is 2. The first kappa shape index (κ1) is 27.9. The molecule has 2 aliphatic rings. The number of aromatic nitrogens is 2. The van der Waals surface area contributed by atoms with Crippen LogP contribution in [0.2, 0.25) is 0 Å². The summed E-state index contributed by atoms with van der Waals surface area (Å²) in [4.78, 5) is 35.1. The number of methoxy groups -OCH3 is 1. The maximum atomic E-state index is 14.5. The van der Waals surface area contributed by atoms with E-state index in [1.807, 2.05) is 19.0 Å². The molecule has 4 heterocycles. The number of likely N-dealkylation sites (N-methyl/N-ethyl adjacent to an activating group) is 1. The molecule has 212 valence electrons. The lowest BCUT2D eigenvalue weighted by Crippen LogP contribution is -2.61. The van der Waals surface area contributed by atoms with Gasteiger partial charge in [-0.05, 0) is 32.3 Å². The Morgan fingerprint density at radius 2 is 2.15 bits per heavy atom. The van der Waals surface area contributed by atoms with Crippen LogP contribution in [-0.4, -0.2) is 79.7 Å². The normalized spacial score (nSPS) is 15.4. The summed E-state index contributed by atoms with van der Waals surface area (Å²) in [6, 6.07) is 6.33. The lowest BCUT2D eigenvalue weighted by Gasteiger charge is -2.37. The number of pyridine rings is 1. The zero-order chi connectivity index (χ0) is 29.0. The average Bonchev–Trinajstić information content (AvgIpc) is 3.29. The van der Waals surface area contributed by atoms with E-state index in [0.29, 0.717) is 53.3 Å². The molecule has 0 radical (unpaired) electrons. The minimum atomic E-state index is -0.836. The summed E-state index contributed by atoms with van der Waals surface area (Å²) in [5.41, 5.74) is 3.04. The van der Waals surface area contributed by atoms with Crippen LogP contribution in [0.4, 0.5) is 15.8 Å². The lowest BCUT2D eigenvalue weighted by atomic mass is 9.96. The number of fused-ring (bicyclic) bond motifs is 1. The Morgan fingerprint density at radius 1 is 1.32 bits per heavy atom. The van der Waals surface area contributed by atoms with Crippen molar-refractivity contribution in [1.29, 1.82) is 0 Å². The fraction of sp³-hybridized carbons (Fsp3) is 0.300. The molecular formula is C30H31FN6O4. The zero-order valence-electron chi connectivity index (χ0n) is 23.1. The van der Waals surface area contributed by atoms with E-state index in [1.54, 1.807) is 36.7 Å². The highest BCUT2D eigenvalue weighted by atomic mass is 19.1. The number of hydrogen-bond donors (Lipinski definition) is 4. The van der Waals surface area contributed by atoms with Gasteiger partial charge in [0.2, 0.25) is 5.91 Å². The van der Waals surface area contributed by atoms with Crippen LogP contribution in [0.15, 0.2) is 48.8 Å². The van der Waals surface area contributed by atoms with Crippen molar-refractivity contribution in [2.24, 2.45) is 0 Å². The molecule has 2 amide bonds. The molecule has 0 aliphatic carbocycles. The highest BCUT2D eigenvalue weighted by molar-refractivity contribution is 6.06. The Labute approximate surface area is 237 Å². The summed E-state index contributed by atoms with van der Waals surface area (Å²) < 4.78 is 25.2. The molecule has 3 aromatic rings. The van der Waals surface area contributed by atoms with E-state index in [4.69, 9.17) is 9.47 Å². The van der Waals surface area contributed by atoms with Crippen LogP contribution >= 0.6 is 0 Å². The molecule has 5 rings (SSSR count). The third kappa shape index (κ3) is 5.94. The highest BCUT2D eigenvalue weighted by Gasteiger charge is 2.38. The van der Waals surface area contributed by atoms with Gasteiger partial charge in [0.25, 0.3) is 5.91 Å². The number of ether oxygens (including phenoxy) is 2. The van der Waals surface area contributed by atoms with Crippen LogP contribution in [0.3, 0.4) is 0 Å². The van der Waals surface area contributed by atoms with Gasteiger partial charge in [0, 0.05) is 49.2 Å². The van der Waals surface area contributed by atoms with Gasteiger partial charge in [-0.1, -0.05) is 24.0 Å². The molecule has 1 aromatic carbocycles. The van der Waals surface area contributed by atoms with Crippen molar-refractivity contribution in [1.82, 2.24) is 25.5 Å². The van der Waals surface area contributed by atoms with Crippen LogP contribution in [0.1, 0.15) is 21.6 Å². The van der Waals surface area contributed by atoms with Gasteiger partial charge in [0.15, 0.2) is 11.6 Å². The van der Waals surface area contributed by atoms with Gasteiger partial charge in [-0.2, -0.15) is 0 Å². The first-order valence-corrected chi connectivity index (χ1v) is 13.1. The van der Waals surface area contributed by atoms with E-state index in [0.717, 1.165) is 5.69 Å². The molecule has 0 spiro atoms. The standard InChI is InChI=1S/C30H31FN6O4/c1-37(2)15-5-8-24(38)36-30(17-41-18-30)12-9-19-16-32-13-10-20(19)26-27(25-22(34-26)11-14-33-29(25)39)35-23-7-4-6-21(31)28(23)40-3/h4-8,10,13,16,34-35H,11,14-15,17-18H2,1-3H3,(H,33,39)(H,36,38)/b8-5+. The van der Waals surface area contributed by atoms with Crippen molar-refractivity contribution < 1.29 is 23.5 Å². The third-order valence-corrected chi connectivity index (χ3v) is 6.72. The van der Waals surface area contributed by atoms with E-state index < -0.39 is 11.4 Å². The number of nitrogens with zero attached hydrogens (tertiary/aromatic N) is 2. The largest absolute Gasteiger partial charge is 0.492 e. The van der Waals surface area contributed by atoms with Crippen molar-refractivity contribution in [2.45, 2.75) is 12.0 Å². The minimum Gasteiger partial charge on any atom is -0.492 e. The van der Waals surface area contributed by atoms with Crippen molar-refractivity contribution in [3.63, 3.8) is 0 Å². The molecule has 10 nitrogen and oxygen atoms in total. The number of nitrogens with one attached hydrogen (secondary N) is 4. The molecular weight excluding hydrogens is 527 g/mol. The second-order valence-corrected chi connectivity index (χ2v) is 10.1. The van der Waals surface area contributed by atoms with Gasteiger partial charge in [0.05, 0.1) is 48.5 Å². The fourth-order valence-corrected chi connectivity index (χ4v) is 4.68. The van der Waals surface area contributed by atoms with Crippen LogP contribution in [0.5, 0.6) is 5.75 Å². The molecule has 0 bridgehead atoms. The first-order valence-electron chi connectivity index (χ1n) is 13.1. The Morgan fingerprint density at radius 3 is 2.88 bits per heavy atom. The highest BCUT2D eigenvalue weighted by Crippen LogP contribution is 2.40. The summed E-state index contributed by atoms with van der Waals surface area (Å²) >= 11 is 0. The molecule has 0 saturated carbocycles. The number of aromatic amines is 1. The molecule has 0 unspecified atom stereocenters. The number of benzene rings is 1. The first-order chi connectivity index (χ1) is 19.8. The van der Waals surface area contributed by atoms with Gasteiger partial charge in [0.1, 0.15) is 5.54 Å². The topological polar surface area (TPSA) is 121 Å². The van der Waals surface area contributed by atoms with Gasteiger partial charge in [-0.3, -0.25) is 14.6 Å². The number of H-pyrrole nitrogens is 1. The monoisotopic (exact) mass is 558 g/mol. The van der Waals surface area contributed by atoms with E-state index in [2.05, 4.69) is 37.8 Å². The van der Waals surface area contributed by atoms with Crippen LogP contribution in [-0.2, 0) is 16.0 Å². The molecule has 1 fully saturated rings. The molecule has 1 saturated heterocycles. The van der Waals surface area contributed by atoms with Crippen molar-refractivity contribution in [3.05, 3.63) is 71.4 Å². The number of para-hydroxylation sites is 1. The lowest BCUT2D eigenvalue weighted by molar-refractivity contribution is -0.123. The quantitative estimate of drug-likeness (QED) is 0.248. The van der Waals surface area contributed by atoms with Crippen molar-refractivity contribution >= 4 is 23.2 Å². The summed E-state index contributed by atoms with van der Waals surface area (Å²) in [5, 5.41) is 9.06. The van der Waals surface area contributed by atoms with E-state index in [1.165, 1.54) is 19.3 Å². The fourth-order valence-electron chi connectivity index (χ4n) is 4.68. The van der Waals surface area contributed by atoms with E-state index >= 15 is 0 Å². The summed E-state index contributed by atoms with van der Waals surface area (Å²) in [7, 11) is 5.23. The molecule has 0 atom stereocenters. The van der Waals surface area contributed by atoms with Gasteiger partial charge < -0.3 is 35.3 Å². The summed E-state index contributed by atoms with van der Waals surface area (Å²) in [6.45, 7) is 1.64. The molecule has 2 aliphatic heterocycles. The summed E-state index contributed by atoms with van der Waals surface area (Å²) in [6.07, 6.45) is 7.12. The number of carbonyl (C=O) groups excluding carboxylic acids is 2. The number of amides is 2. The van der Waals surface area contributed by atoms with E-state index in [9.17, 15) is 14.0 Å². The van der Waals surface area contributed by atoms with Crippen LogP contribution < -0.4 is 20.7 Å². The Kier molecular flexibility index (Phi) is 8.05. The van der Waals surface area contributed by atoms with E-state index in [-0.39, 0.29) is 30.8 Å². The SMILES string of the molecule is COc1c(F)cccc1Nc1c(-c2ccncc2C#CC2(NC(=O)/C=C/CN(C)C)COC2)[nH]c2c1C(=O)NCC2. The number of hydrogen-bond acceptors (Lipinski definition) is 7. The number of rotatable bonds is 8. The average molecular weight is 559 g/mol. The maximum Gasteiger partial charge on any atom is 0.255 e. The predicted molar refractivity (Wildman–Crippen MR) is 153 cm³/mol. The smallest absolute Gasteiger partial charge is 0.255 e. The molecule has 11 heteroatoms. The zero-order valence-corrected chi connectivity index (χ0v) is 23.1. The molecule has 4 N–H and O–H groups in total. The molecule has 41 heavy (non-hydrogen) atoms. The van der Waals surface area contributed by atoms with Gasteiger partial charge in [-0.15, -0.1) is 0 Å². The number of anilines is 2. The van der Waals surface area contributed by atoms with Gasteiger partial charge in [-0.25, -0.2) is 4.39 Å². The van der Waals surface area contributed by atoms with Crippen LogP contribution in [0, 0.1) is 17.7 Å². The Balaban J connectivity index is 1.53. The second kappa shape index (κ2) is 11.8. The second-order valence-electron chi connectivity index (χ2n) is 10.1. The third-order valence-electron chi connectivity index (χ3n) is 6.72. The van der Waals surface area contributed by atoms with Crippen molar-refractivity contribution in [3.8, 4) is 28.8 Å². The maximum absolute atomic E-state index is 14.5. The van der Waals surface area contributed by atoms with Crippen LogP contribution in [0.25, 0.3) is 11.3 Å². The molecule has 2 aromatic heterocycles. The summed E-state index contributed by atoms with van der Waals surface area (Å²) in [5.74, 6) is 5.35. The van der Waals surface area contributed by atoms with Crippen molar-refractivity contribution in [2.75, 3.05) is 52.8 Å². The van der Waals surface area contributed by atoms with Gasteiger partial charge >= 0.3 is 0 Å². The predicted octanol–water partition coefficient (Wildman–Crippen LogP) is 2.61. The number of halogens is 1. The Hall–Kier alpha value is -4.66.